The van der Waals surface area contributed by atoms with Crippen LogP contribution in [0.3, 0.4) is 0 Å². The predicted octanol–water partition coefficient (Wildman–Crippen LogP) is 3.27. The summed E-state index contributed by atoms with van der Waals surface area (Å²) in [6.07, 6.45) is 3.92. The first-order valence-corrected chi connectivity index (χ1v) is 11.0. The van der Waals surface area contributed by atoms with Crippen LogP contribution >= 0.6 is 0 Å². The molecule has 1 aliphatic carbocycles. The number of sulfonamides is 1. The number of aryl methyl sites for hydroxylation is 2. The monoisotopic (exact) mass is 390 g/mol. The predicted molar refractivity (Wildman–Crippen MR) is 102 cm³/mol. The number of hydrogen-bond donors (Lipinski definition) is 1. The molecule has 1 saturated carbocycles. The molecular formula is C20H26N2O4S. The second kappa shape index (κ2) is 6.72. The van der Waals surface area contributed by atoms with Gasteiger partial charge >= 0.3 is 0 Å². The van der Waals surface area contributed by atoms with E-state index in [0.29, 0.717) is 34.9 Å². The Balaban J connectivity index is 1.69. The van der Waals surface area contributed by atoms with Gasteiger partial charge in [0.15, 0.2) is 5.76 Å². The van der Waals surface area contributed by atoms with E-state index in [9.17, 15) is 13.5 Å². The lowest BCUT2D eigenvalue weighted by Gasteiger charge is -2.42. The molecule has 0 bridgehead atoms. The molecule has 4 rings (SSSR count). The fourth-order valence-corrected chi connectivity index (χ4v) is 6.41. The summed E-state index contributed by atoms with van der Waals surface area (Å²) in [5.41, 5.74) is 1.89. The van der Waals surface area contributed by atoms with E-state index in [0.717, 1.165) is 37.8 Å². The average molecular weight is 391 g/mol. The molecule has 1 saturated heterocycles. The van der Waals surface area contributed by atoms with Crippen LogP contribution in [0.4, 0.5) is 0 Å². The normalized spacial score (nSPS) is 26.7. The lowest BCUT2D eigenvalue weighted by atomic mass is 9.77. The number of rotatable bonds is 3. The van der Waals surface area contributed by atoms with Gasteiger partial charge in [0.25, 0.3) is 0 Å². The highest BCUT2D eigenvalue weighted by atomic mass is 32.2. The van der Waals surface area contributed by atoms with Gasteiger partial charge in [-0.1, -0.05) is 23.7 Å². The Kier molecular flexibility index (Phi) is 4.64. The van der Waals surface area contributed by atoms with Crippen molar-refractivity contribution in [2.24, 2.45) is 5.41 Å². The van der Waals surface area contributed by atoms with Crippen molar-refractivity contribution in [1.29, 1.82) is 0 Å². The third-order valence-electron chi connectivity index (χ3n) is 6.15. The molecule has 1 aromatic heterocycles. The maximum Gasteiger partial charge on any atom is 0.243 e. The SMILES string of the molecule is Cc1cc(-c2ccc(C)c(S(=O)(=O)N3CCC[C@]4(CCC[C@H]4O)C3)c2)on1. The number of nitrogens with zero attached hydrogens (tertiary/aromatic N) is 2. The Morgan fingerprint density at radius 2 is 2.00 bits per heavy atom. The summed E-state index contributed by atoms with van der Waals surface area (Å²) in [6.45, 7) is 4.55. The van der Waals surface area contributed by atoms with E-state index in [2.05, 4.69) is 5.16 Å². The quantitative estimate of drug-likeness (QED) is 0.870. The van der Waals surface area contributed by atoms with Gasteiger partial charge in [-0.05, 0) is 51.2 Å². The van der Waals surface area contributed by atoms with Gasteiger partial charge in [-0.15, -0.1) is 0 Å². The van der Waals surface area contributed by atoms with Crippen molar-refractivity contribution in [3.8, 4) is 11.3 Å². The summed E-state index contributed by atoms with van der Waals surface area (Å²) >= 11 is 0. The number of benzene rings is 1. The molecule has 2 aliphatic rings. The Bertz CT molecular complexity index is 953. The number of hydrogen-bond acceptors (Lipinski definition) is 5. The zero-order valence-corrected chi connectivity index (χ0v) is 16.6. The third kappa shape index (κ3) is 3.22. The van der Waals surface area contributed by atoms with Crippen LogP contribution in [0.5, 0.6) is 0 Å². The summed E-state index contributed by atoms with van der Waals surface area (Å²) in [7, 11) is -3.64. The summed E-state index contributed by atoms with van der Waals surface area (Å²) in [5.74, 6) is 0.560. The van der Waals surface area contributed by atoms with E-state index in [1.165, 1.54) is 0 Å². The van der Waals surface area contributed by atoms with E-state index in [1.54, 1.807) is 16.4 Å². The first-order valence-electron chi connectivity index (χ1n) is 9.54. The van der Waals surface area contributed by atoms with Crippen LogP contribution < -0.4 is 0 Å². The Morgan fingerprint density at radius 1 is 1.22 bits per heavy atom. The van der Waals surface area contributed by atoms with Gasteiger partial charge in [0, 0.05) is 30.1 Å². The van der Waals surface area contributed by atoms with Crippen molar-refractivity contribution in [2.45, 2.75) is 57.0 Å². The molecule has 27 heavy (non-hydrogen) atoms. The topological polar surface area (TPSA) is 83.6 Å². The highest BCUT2D eigenvalue weighted by Crippen LogP contribution is 2.46. The lowest BCUT2D eigenvalue weighted by Crippen LogP contribution is -2.49. The second-order valence-corrected chi connectivity index (χ2v) is 9.93. The van der Waals surface area contributed by atoms with Crippen LogP contribution in [0.2, 0.25) is 0 Å². The van der Waals surface area contributed by atoms with Crippen LogP contribution in [0.25, 0.3) is 11.3 Å². The highest BCUT2D eigenvalue weighted by molar-refractivity contribution is 7.89. The van der Waals surface area contributed by atoms with Crippen LogP contribution in [0.15, 0.2) is 33.7 Å². The molecule has 0 radical (unpaired) electrons. The fourth-order valence-electron chi connectivity index (χ4n) is 4.59. The number of aliphatic hydroxyl groups is 1. The molecule has 146 valence electrons. The molecule has 1 spiro atoms. The highest BCUT2D eigenvalue weighted by Gasteiger charge is 2.47. The van der Waals surface area contributed by atoms with E-state index in [-0.39, 0.29) is 5.41 Å². The molecule has 7 heteroatoms. The van der Waals surface area contributed by atoms with Gasteiger partial charge in [0.05, 0.1) is 16.7 Å². The Labute approximate surface area is 160 Å². The standard InChI is InChI=1S/C20H26N2O4S/c1-14-6-7-16(17-11-15(2)21-26-17)12-18(14)27(24,25)22-10-4-9-20(13-22)8-3-5-19(20)23/h6-7,11-12,19,23H,3-5,8-10,13H2,1-2H3/t19-,20-/m1/s1. The van der Waals surface area contributed by atoms with Crippen LogP contribution in [-0.2, 0) is 10.0 Å². The van der Waals surface area contributed by atoms with Gasteiger partial charge in [0.1, 0.15) is 0 Å². The van der Waals surface area contributed by atoms with Crippen molar-refractivity contribution < 1.29 is 18.0 Å². The van der Waals surface area contributed by atoms with E-state index in [1.807, 2.05) is 26.0 Å². The molecule has 1 N–H and O–H groups in total. The number of aromatic nitrogens is 1. The first-order chi connectivity index (χ1) is 12.8. The van der Waals surface area contributed by atoms with Crippen molar-refractivity contribution in [3.63, 3.8) is 0 Å². The van der Waals surface area contributed by atoms with Crippen molar-refractivity contribution in [1.82, 2.24) is 9.46 Å². The summed E-state index contributed by atoms with van der Waals surface area (Å²) in [5, 5.41) is 14.4. The smallest absolute Gasteiger partial charge is 0.243 e. The fraction of sp³-hybridized carbons (Fsp3) is 0.550. The van der Waals surface area contributed by atoms with E-state index >= 15 is 0 Å². The summed E-state index contributed by atoms with van der Waals surface area (Å²) in [6, 6.07) is 7.14. The molecule has 6 nitrogen and oxygen atoms in total. The van der Waals surface area contributed by atoms with Gasteiger partial charge in [-0.25, -0.2) is 8.42 Å². The Morgan fingerprint density at radius 3 is 2.67 bits per heavy atom. The minimum absolute atomic E-state index is 0.279. The molecule has 0 unspecified atom stereocenters. The molecular weight excluding hydrogens is 364 g/mol. The van der Waals surface area contributed by atoms with Gasteiger partial charge in [-0.2, -0.15) is 4.31 Å². The third-order valence-corrected chi connectivity index (χ3v) is 8.14. The minimum atomic E-state index is -3.64. The van der Waals surface area contributed by atoms with E-state index in [4.69, 9.17) is 4.52 Å². The van der Waals surface area contributed by atoms with Gasteiger partial charge in [0.2, 0.25) is 10.0 Å². The lowest BCUT2D eigenvalue weighted by molar-refractivity contribution is 0.0127. The largest absolute Gasteiger partial charge is 0.392 e. The molecule has 1 aliphatic heterocycles. The zero-order valence-electron chi connectivity index (χ0n) is 15.8. The maximum atomic E-state index is 13.4. The summed E-state index contributed by atoms with van der Waals surface area (Å²) in [4.78, 5) is 0.304. The average Bonchev–Trinajstić information content (AvgIpc) is 3.22. The number of aliphatic hydroxyl groups excluding tert-OH is 1. The first kappa shape index (κ1) is 18.7. The van der Waals surface area contributed by atoms with Crippen molar-refractivity contribution in [2.75, 3.05) is 13.1 Å². The second-order valence-electron chi connectivity index (χ2n) is 8.03. The minimum Gasteiger partial charge on any atom is -0.392 e. The van der Waals surface area contributed by atoms with Crippen LogP contribution in [0.1, 0.15) is 43.4 Å². The van der Waals surface area contributed by atoms with Crippen molar-refractivity contribution >= 4 is 10.0 Å². The van der Waals surface area contributed by atoms with Gasteiger partial charge in [-0.3, -0.25) is 0 Å². The Hall–Kier alpha value is -1.70. The van der Waals surface area contributed by atoms with Gasteiger partial charge < -0.3 is 9.63 Å². The molecule has 2 atom stereocenters. The van der Waals surface area contributed by atoms with Crippen LogP contribution in [-0.4, -0.2) is 42.2 Å². The molecule has 1 aromatic carbocycles. The molecule has 2 fully saturated rings. The molecule has 2 aromatic rings. The van der Waals surface area contributed by atoms with Crippen LogP contribution in [0, 0.1) is 19.3 Å². The summed E-state index contributed by atoms with van der Waals surface area (Å²) < 4.78 is 33.8. The maximum absolute atomic E-state index is 13.4. The zero-order chi connectivity index (χ0) is 19.2. The molecule has 2 heterocycles. The van der Waals surface area contributed by atoms with E-state index < -0.39 is 16.1 Å². The van der Waals surface area contributed by atoms with Crippen molar-refractivity contribution in [3.05, 3.63) is 35.5 Å². The molecule has 0 amide bonds. The number of piperidine rings is 1.